The molecule has 20 heavy (non-hydrogen) atoms. The van der Waals surface area contributed by atoms with Crippen molar-refractivity contribution in [2.75, 3.05) is 31.5 Å². The lowest BCUT2D eigenvalue weighted by molar-refractivity contribution is 0.0989. The highest BCUT2D eigenvalue weighted by atomic mass is 16.3. The van der Waals surface area contributed by atoms with E-state index in [1.165, 1.54) is 12.8 Å². The first-order valence-electron chi connectivity index (χ1n) is 7.49. The van der Waals surface area contributed by atoms with Crippen LogP contribution >= 0.6 is 0 Å². The van der Waals surface area contributed by atoms with Crippen LogP contribution in [0.5, 0.6) is 0 Å². The fourth-order valence-corrected chi connectivity index (χ4v) is 2.53. The molecule has 2 rings (SSSR count). The van der Waals surface area contributed by atoms with E-state index in [-0.39, 0.29) is 6.10 Å². The Balaban J connectivity index is 1.77. The lowest BCUT2D eigenvalue weighted by Crippen LogP contribution is -2.40. The van der Waals surface area contributed by atoms with Crippen LogP contribution in [0.15, 0.2) is 6.20 Å². The third-order valence-corrected chi connectivity index (χ3v) is 3.93. The van der Waals surface area contributed by atoms with E-state index < -0.39 is 0 Å². The maximum atomic E-state index is 10.1. The molecule has 112 valence electrons. The van der Waals surface area contributed by atoms with Gasteiger partial charge in [0.05, 0.1) is 17.5 Å². The predicted octanol–water partition coefficient (Wildman–Crippen LogP) is 1.60. The Bertz CT molecular complexity index is 430. The minimum atomic E-state index is -0.370. The van der Waals surface area contributed by atoms with E-state index in [1.807, 2.05) is 13.8 Å². The zero-order valence-electron chi connectivity index (χ0n) is 12.8. The molecule has 1 unspecified atom stereocenters. The topological polar surface area (TPSA) is 61.3 Å². The van der Waals surface area contributed by atoms with Gasteiger partial charge in [-0.15, -0.1) is 0 Å². The number of hydrogen-bond donors (Lipinski definition) is 2. The molecule has 0 bridgehead atoms. The Morgan fingerprint density at radius 1 is 1.40 bits per heavy atom. The summed E-state index contributed by atoms with van der Waals surface area (Å²) in [6, 6.07) is 0. The number of aromatic nitrogens is 2. The molecular weight excluding hydrogens is 252 g/mol. The van der Waals surface area contributed by atoms with Crippen LogP contribution in [0.3, 0.4) is 0 Å². The van der Waals surface area contributed by atoms with Crippen LogP contribution in [0, 0.1) is 19.8 Å². The summed E-state index contributed by atoms with van der Waals surface area (Å²) < 4.78 is 0. The second-order valence-corrected chi connectivity index (χ2v) is 5.96. The molecule has 0 amide bonds. The zero-order chi connectivity index (χ0) is 14.5. The highest BCUT2D eigenvalue weighted by molar-refractivity contribution is 5.39. The minimum absolute atomic E-state index is 0.370. The molecule has 1 aromatic rings. The summed E-state index contributed by atoms with van der Waals surface area (Å²) in [6.45, 7) is 9.59. The largest absolute Gasteiger partial charge is 0.390 e. The molecule has 1 aliphatic heterocycles. The van der Waals surface area contributed by atoms with Gasteiger partial charge < -0.3 is 15.3 Å². The average Bonchev–Trinajstić information content (AvgIpc) is 2.42. The Labute approximate surface area is 121 Å². The van der Waals surface area contributed by atoms with Gasteiger partial charge in [-0.05, 0) is 45.7 Å². The van der Waals surface area contributed by atoms with Gasteiger partial charge in [0.1, 0.15) is 5.82 Å². The van der Waals surface area contributed by atoms with Crippen molar-refractivity contribution in [3.05, 3.63) is 17.6 Å². The van der Waals surface area contributed by atoms with Crippen LogP contribution in [-0.4, -0.2) is 52.3 Å². The van der Waals surface area contributed by atoms with Gasteiger partial charge >= 0.3 is 0 Å². The van der Waals surface area contributed by atoms with Crippen molar-refractivity contribution in [3.8, 4) is 0 Å². The second kappa shape index (κ2) is 6.99. The number of nitrogens with one attached hydrogen (secondary N) is 1. The minimum Gasteiger partial charge on any atom is -0.390 e. The standard InChI is InChI=1S/C15H26N4O/c1-11-4-6-19(7-5-11)10-14(20)9-17-15-13(3)16-8-12(2)18-15/h8,11,14,20H,4-7,9-10H2,1-3H3,(H,17,18). The van der Waals surface area contributed by atoms with E-state index in [0.29, 0.717) is 6.54 Å². The van der Waals surface area contributed by atoms with Crippen LogP contribution in [0.1, 0.15) is 31.2 Å². The molecule has 1 fully saturated rings. The fraction of sp³-hybridized carbons (Fsp3) is 0.733. The number of piperidine rings is 1. The fourth-order valence-electron chi connectivity index (χ4n) is 2.53. The van der Waals surface area contributed by atoms with E-state index in [1.54, 1.807) is 6.20 Å². The quantitative estimate of drug-likeness (QED) is 0.856. The summed E-state index contributed by atoms with van der Waals surface area (Å²) in [7, 11) is 0. The molecular formula is C15H26N4O. The van der Waals surface area contributed by atoms with Gasteiger partial charge in [-0.25, -0.2) is 4.98 Å². The van der Waals surface area contributed by atoms with E-state index in [0.717, 1.165) is 42.8 Å². The average molecular weight is 278 g/mol. The molecule has 5 nitrogen and oxygen atoms in total. The maximum absolute atomic E-state index is 10.1. The van der Waals surface area contributed by atoms with Crippen LogP contribution < -0.4 is 5.32 Å². The first-order valence-corrected chi connectivity index (χ1v) is 7.49. The van der Waals surface area contributed by atoms with E-state index in [2.05, 4.69) is 27.1 Å². The van der Waals surface area contributed by atoms with Crippen molar-refractivity contribution < 1.29 is 5.11 Å². The summed E-state index contributed by atoms with van der Waals surface area (Å²) >= 11 is 0. The summed E-state index contributed by atoms with van der Waals surface area (Å²) in [5.74, 6) is 1.60. The number of aryl methyl sites for hydroxylation is 2. The smallest absolute Gasteiger partial charge is 0.147 e. The molecule has 5 heteroatoms. The van der Waals surface area contributed by atoms with Crippen molar-refractivity contribution >= 4 is 5.82 Å². The third-order valence-electron chi connectivity index (χ3n) is 3.93. The van der Waals surface area contributed by atoms with Crippen molar-refractivity contribution in [1.29, 1.82) is 0 Å². The van der Waals surface area contributed by atoms with Gasteiger partial charge in [0, 0.05) is 19.3 Å². The summed E-state index contributed by atoms with van der Waals surface area (Å²) in [4.78, 5) is 11.0. The molecule has 1 atom stereocenters. The molecule has 1 saturated heterocycles. The second-order valence-electron chi connectivity index (χ2n) is 5.96. The number of aliphatic hydroxyl groups is 1. The lowest BCUT2D eigenvalue weighted by Gasteiger charge is -2.31. The summed E-state index contributed by atoms with van der Waals surface area (Å²) in [5, 5.41) is 13.3. The van der Waals surface area contributed by atoms with Crippen LogP contribution in [0.25, 0.3) is 0 Å². The third kappa shape index (κ3) is 4.42. The number of nitrogens with zero attached hydrogens (tertiary/aromatic N) is 3. The first-order chi connectivity index (χ1) is 9.54. The van der Waals surface area contributed by atoms with Crippen molar-refractivity contribution in [3.63, 3.8) is 0 Å². The van der Waals surface area contributed by atoms with Crippen molar-refractivity contribution in [1.82, 2.24) is 14.9 Å². The lowest BCUT2D eigenvalue weighted by atomic mass is 9.99. The number of hydrogen-bond acceptors (Lipinski definition) is 5. The molecule has 0 aliphatic carbocycles. The molecule has 0 radical (unpaired) electrons. The van der Waals surface area contributed by atoms with Gasteiger partial charge in [0.25, 0.3) is 0 Å². The van der Waals surface area contributed by atoms with Crippen LogP contribution in [0.4, 0.5) is 5.82 Å². The van der Waals surface area contributed by atoms with Gasteiger partial charge in [-0.1, -0.05) is 6.92 Å². The molecule has 0 saturated carbocycles. The Morgan fingerprint density at radius 2 is 2.10 bits per heavy atom. The number of rotatable bonds is 5. The van der Waals surface area contributed by atoms with E-state index in [9.17, 15) is 5.11 Å². The molecule has 2 N–H and O–H groups in total. The Morgan fingerprint density at radius 3 is 2.80 bits per heavy atom. The van der Waals surface area contributed by atoms with E-state index >= 15 is 0 Å². The number of likely N-dealkylation sites (tertiary alicyclic amines) is 1. The van der Waals surface area contributed by atoms with Crippen LogP contribution in [0.2, 0.25) is 0 Å². The number of anilines is 1. The highest BCUT2D eigenvalue weighted by Crippen LogP contribution is 2.16. The zero-order valence-corrected chi connectivity index (χ0v) is 12.8. The SMILES string of the molecule is Cc1cnc(C)c(NCC(O)CN2CCC(C)CC2)n1. The van der Waals surface area contributed by atoms with Gasteiger partial charge in [-0.3, -0.25) is 4.98 Å². The Kier molecular flexibility index (Phi) is 5.31. The molecule has 0 aromatic carbocycles. The molecule has 1 aromatic heterocycles. The highest BCUT2D eigenvalue weighted by Gasteiger charge is 2.18. The number of β-amino-alcohol motifs (C(OH)–C–C–N with tert-alkyl or cyclic N) is 1. The summed E-state index contributed by atoms with van der Waals surface area (Å²) in [5.41, 5.74) is 1.76. The molecule has 1 aliphatic rings. The Hall–Kier alpha value is -1.20. The van der Waals surface area contributed by atoms with Crippen molar-refractivity contribution in [2.45, 2.75) is 39.7 Å². The molecule has 0 spiro atoms. The van der Waals surface area contributed by atoms with Gasteiger partial charge in [0.15, 0.2) is 0 Å². The predicted molar refractivity (Wildman–Crippen MR) is 80.8 cm³/mol. The molecule has 2 heterocycles. The maximum Gasteiger partial charge on any atom is 0.147 e. The van der Waals surface area contributed by atoms with Gasteiger partial charge in [-0.2, -0.15) is 0 Å². The van der Waals surface area contributed by atoms with Gasteiger partial charge in [0.2, 0.25) is 0 Å². The number of aliphatic hydroxyl groups excluding tert-OH is 1. The monoisotopic (exact) mass is 278 g/mol. The van der Waals surface area contributed by atoms with Crippen LogP contribution in [-0.2, 0) is 0 Å². The first kappa shape index (κ1) is 15.2. The van der Waals surface area contributed by atoms with Crippen molar-refractivity contribution in [2.24, 2.45) is 5.92 Å². The van der Waals surface area contributed by atoms with E-state index in [4.69, 9.17) is 0 Å². The normalized spacial score (nSPS) is 19.0. The summed E-state index contributed by atoms with van der Waals surface area (Å²) in [6.07, 6.45) is 3.86.